The number of hydrogen-bond donors (Lipinski definition) is 0. The first-order chi connectivity index (χ1) is 22.7. The normalized spacial score (nSPS) is 15.5. The zero-order chi connectivity index (χ0) is 36.4. The Kier molecular flexibility index (Phi) is 11.0. The lowest BCUT2D eigenvalue weighted by Gasteiger charge is -2.32. The molecule has 4 rings (SSSR count). The van der Waals surface area contributed by atoms with Crippen molar-refractivity contribution in [2.45, 2.75) is 90.8 Å². The number of Topliss-reactive ketones (excluding diaryl/α,β-unsaturated/α-hetero) is 1. The van der Waals surface area contributed by atoms with E-state index < -0.39 is 59.7 Å². The van der Waals surface area contributed by atoms with E-state index in [1.807, 2.05) is 52.0 Å². The van der Waals surface area contributed by atoms with E-state index in [9.17, 15) is 27.6 Å². The Hall–Kier alpha value is -4.16. The highest BCUT2D eigenvalue weighted by Crippen LogP contribution is 2.37. The van der Waals surface area contributed by atoms with Crippen molar-refractivity contribution in [1.29, 1.82) is 0 Å². The van der Waals surface area contributed by atoms with Gasteiger partial charge >= 0.3 is 19.3 Å². The van der Waals surface area contributed by atoms with Crippen molar-refractivity contribution >= 4 is 30.2 Å². The van der Waals surface area contributed by atoms with E-state index >= 15 is 0 Å². The Labute approximate surface area is 286 Å². The summed E-state index contributed by atoms with van der Waals surface area (Å²) < 4.78 is 63.5. The lowest BCUT2D eigenvalue weighted by Crippen LogP contribution is -2.41. The number of alkyl halides is 3. The molecule has 262 valence electrons. The first-order valence-corrected chi connectivity index (χ1v) is 16.0. The summed E-state index contributed by atoms with van der Waals surface area (Å²) in [5.41, 5.74) is -0.441. The number of carbonyl (C=O) groups is 3. The molecular weight excluding hydrogens is 638 g/mol. The molecule has 1 amide bonds. The average molecular weight is 682 g/mol. The molecule has 0 aliphatic carbocycles. The van der Waals surface area contributed by atoms with E-state index in [0.29, 0.717) is 5.56 Å². The van der Waals surface area contributed by atoms with Gasteiger partial charge in [-0.15, -0.1) is 0 Å². The molecule has 1 aliphatic heterocycles. The summed E-state index contributed by atoms with van der Waals surface area (Å²) in [6.45, 7) is 12.9. The van der Waals surface area contributed by atoms with Crippen LogP contribution in [0.4, 0.5) is 13.2 Å². The van der Waals surface area contributed by atoms with E-state index in [1.54, 1.807) is 32.9 Å². The highest BCUT2D eigenvalue weighted by Gasteiger charge is 2.51. The third-order valence-electron chi connectivity index (χ3n) is 8.52. The highest BCUT2D eigenvalue weighted by molar-refractivity contribution is 6.62. The summed E-state index contributed by atoms with van der Waals surface area (Å²) >= 11 is 0. The fraction of sp³-hybridized carbons (Fsp3) is 0.432. The molecular formula is C37H43BF3NO7. The predicted molar refractivity (Wildman–Crippen MR) is 180 cm³/mol. The molecule has 1 fully saturated rings. The Morgan fingerprint density at radius 1 is 0.816 bits per heavy atom. The van der Waals surface area contributed by atoms with Crippen LogP contribution in [0, 0.1) is 0 Å². The molecule has 12 heteroatoms. The number of carbonyl (C=O) groups excluding carboxylic acids is 3. The quantitative estimate of drug-likeness (QED) is 0.172. The Balaban J connectivity index is 1.48. The van der Waals surface area contributed by atoms with Crippen molar-refractivity contribution in [1.82, 2.24) is 4.90 Å². The first-order valence-electron chi connectivity index (χ1n) is 16.0. The number of ether oxygens (including phenoxy) is 2. The van der Waals surface area contributed by atoms with Gasteiger partial charge in [-0.2, -0.15) is 13.2 Å². The van der Waals surface area contributed by atoms with Crippen molar-refractivity contribution in [3.8, 4) is 5.75 Å². The zero-order valence-corrected chi connectivity index (χ0v) is 29.2. The van der Waals surface area contributed by atoms with Crippen LogP contribution >= 0.6 is 0 Å². The van der Waals surface area contributed by atoms with E-state index in [-0.39, 0.29) is 36.4 Å². The zero-order valence-electron chi connectivity index (χ0n) is 29.2. The van der Waals surface area contributed by atoms with Gasteiger partial charge in [0.1, 0.15) is 23.7 Å². The molecule has 0 bridgehead atoms. The van der Waals surface area contributed by atoms with Crippen LogP contribution in [0.2, 0.25) is 0 Å². The van der Waals surface area contributed by atoms with Crippen LogP contribution < -0.4 is 10.2 Å². The highest BCUT2D eigenvalue weighted by atomic mass is 19.4. The summed E-state index contributed by atoms with van der Waals surface area (Å²) in [7, 11) is 0.721. The average Bonchev–Trinajstić information content (AvgIpc) is 3.22. The van der Waals surface area contributed by atoms with Crippen molar-refractivity contribution < 1.29 is 46.3 Å². The van der Waals surface area contributed by atoms with Crippen molar-refractivity contribution in [3.05, 3.63) is 94.5 Å². The maximum Gasteiger partial charge on any atom is 0.494 e. The molecule has 1 saturated heterocycles. The second-order valence-corrected chi connectivity index (χ2v) is 14.2. The van der Waals surface area contributed by atoms with E-state index in [2.05, 4.69) is 0 Å². The van der Waals surface area contributed by atoms with Crippen LogP contribution in [0.5, 0.6) is 5.75 Å². The van der Waals surface area contributed by atoms with E-state index in [4.69, 9.17) is 18.8 Å². The molecule has 49 heavy (non-hydrogen) atoms. The van der Waals surface area contributed by atoms with E-state index in [0.717, 1.165) is 17.1 Å². The lowest BCUT2D eigenvalue weighted by molar-refractivity contribution is -0.155. The second kappa shape index (κ2) is 14.4. The summed E-state index contributed by atoms with van der Waals surface area (Å²) in [5.74, 6) is -1.39. The topological polar surface area (TPSA) is 91.4 Å². The maximum absolute atomic E-state index is 13.7. The van der Waals surface area contributed by atoms with Crippen LogP contribution in [0.15, 0.2) is 66.7 Å². The van der Waals surface area contributed by atoms with Crippen molar-refractivity contribution in [2.24, 2.45) is 0 Å². The van der Waals surface area contributed by atoms with Crippen LogP contribution in [0.1, 0.15) is 81.1 Å². The molecule has 0 saturated carbocycles. The van der Waals surface area contributed by atoms with Gasteiger partial charge in [-0.3, -0.25) is 14.4 Å². The molecule has 1 heterocycles. The van der Waals surface area contributed by atoms with Crippen molar-refractivity contribution in [2.75, 3.05) is 13.7 Å². The van der Waals surface area contributed by atoms with Gasteiger partial charge in [0.2, 0.25) is 0 Å². The summed E-state index contributed by atoms with van der Waals surface area (Å²) in [5, 5.41) is 0. The number of benzene rings is 3. The molecule has 0 atom stereocenters. The molecule has 3 aromatic carbocycles. The van der Waals surface area contributed by atoms with Gasteiger partial charge < -0.3 is 23.7 Å². The van der Waals surface area contributed by atoms with Gasteiger partial charge in [-0.05, 0) is 94.9 Å². The monoisotopic (exact) mass is 681 g/mol. The molecule has 0 spiro atoms. The summed E-state index contributed by atoms with van der Waals surface area (Å²) in [6.07, 6.45) is -5.20. The molecule has 0 N–H and O–H groups in total. The third kappa shape index (κ3) is 9.73. The fourth-order valence-corrected chi connectivity index (χ4v) is 5.26. The fourth-order valence-electron chi connectivity index (χ4n) is 5.26. The minimum absolute atomic E-state index is 0.0445. The van der Waals surface area contributed by atoms with Gasteiger partial charge in [-0.1, -0.05) is 42.5 Å². The lowest BCUT2D eigenvalue weighted by atomic mass is 9.79. The minimum atomic E-state index is -4.65. The second-order valence-electron chi connectivity index (χ2n) is 14.2. The largest absolute Gasteiger partial charge is 0.497 e. The van der Waals surface area contributed by atoms with Gasteiger partial charge in [-0.25, -0.2) is 0 Å². The number of rotatable bonds is 11. The van der Waals surface area contributed by atoms with E-state index in [1.165, 1.54) is 36.3 Å². The Morgan fingerprint density at radius 2 is 1.39 bits per heavy atom. The minimum Gasteiger partial charge on any atom is -0.497 e. The number of halogens is 3. The molecule has 0 aromatic heterocycles. The summed E-state index contributed by atoms with van der Waals surface area (Å²) in [4.78, 5) is 40.7. The molecule has 3 aromatic rings. The molecule has 1 aliphatic rings. The molecule has 8 nitrogen and oxygen atoms in total. The Bertz CT molecular complexity index is 1650. The molecule has 0 unspecified atom stereocenters. The van der Waals surface area contributed by atoms with Crippen LogP contribution in [0.25, 0.3) is 0 Å². The number of esters is 1. The predicted octanol–water partition coefficient (Wildman–Crippen LogP) is 6.35. The van der Waals surface area contributed by atoms with Crippen LogP contribution in [0.3, 0.4) is 0 Å². The van der Waals surface area contributed by atoms with Gasteiger partial charge in [0.15, 0.2) is 0 Å². The number of ketones is 1. The standard InChI is InChI=1S/C37H43BF3NO7/c1-34(2,3)47-32(44)23-42(22-25-11-16-28(17-12-25)38-48-35(4,5)36(6,7)49-38)33(45)26-13-9-24(10-14-26)19-29(43)20-27-15-18-30(46-8)21-31(27)37(39,40)41/h9-18,21H,19-20,22-23H2,1-8H3. The first kappa shape index (κ1) is 37.7. The number of amides is 1. The Morgan fingerprint density at radius 3 is 1.92 bits per heavy atom. The maximum atomic E-state index is 13.7. The van der Waals surface area contributed by atoms with Gasteiger partial charge in [0.25, 0.3) is 5.91 Å². The summed E-state index contributed by atoms with van der Waals surface area (Å²) in [6, 6.07) is 17.1. The van der Waals surface area contributed by atoms with Crippen LogP contribution in [-0.4, -0.2) is 60.1 Å². The number of hydrogen-bond acceptors (Lipinski definition) is 7. The molecule has 0 radical (unpaired) electrons. The number of methoxy groups -OCH3 is 1. The SMILES string of the molecule is COc1ccc(CC(=O)Cc2ccc(C(=O)N(CC(=O)OC(C)(C)C)Cc3ccc(B4OC(C)(C)C(C)(C)O4)cc3)cc2)c(C(F)(F)F)c1. The van der Waals surface area contributed by atoms with Crippen LogP contribution in [-0.2, 0) is 49.2 Å². The van der Waals surface area contributed by atoms with Gasteiger partial charge in [0, 0.05) is 24.9 Å². The van der Waals surface area contributed by atoms with Crippen molar-refractivity contribution in [3.63, 3.8) is 0 Å². The smallest absolute Gasteiger partial charge is 0.494 e. The number of nitrogens with zero attached hydrogens (tertiary/aromatic N) is 1. The third-order valence-corrected chi connectivity index (χ3v) is 8.52. The van der Waals surface area contributed by atoms with Gasteiger partial charge in [0.05, 0.1) is 23.9 Å².